The zero-order valence-corrected chi connectivity index (χ0v) is 17.8. The number of amides is 1. The van der Waals surface area contributed by atoms with Gasteiger partial charge in [0.2, 0.25) is 5.91 Å². The first kappa shape index (κ1) is 19.2. The van der Waals surface area contributed by atoms with E-state index in [9.17, 15) is 4.79 Å². The van der Waals surface area contributed by atoms with Gasteiger partial charge in [0, 0.05) is 29.4 Å². The van der Waals surface area contributed by atoms with E-state index < -0.39 is 0 Å². The zero-order chi connectivity index (χ0) is 19.3. The molecule has 2 aromatic rings. The fourth-order valence-electron chi connectivity index (χ4n) is 4.39. The molecule has 0 saturated carbocycles. The summed E-state index contributed by atoms with van der Waals surface area (Å²) >= 11 is 7.45. The summed E-state index contributed by atoms with van der Waals surface area (Å²) in [6.45, 7) is 13.4. The first-order chi connectivity index (χ1) is 12.0. The number of rotatable bonds is 4. The molecule has 0 aliphatic heterocycles. The summed E-state index contributed by atoms with van der Waals surface area (Å²) in [7, 11) is 0. The summed E-state index contributed by atoms with van der Waals surface area (Å²) in [5.41, 5.74) is 5.85. The van der Waals surface area contributed by atoms with E-state index in [1.807, 2.05) is 6.20 Å². The van der Waals surface area contributed by atoms with Crippen LogP contribution in [0.2, 0.25) is 4.47 Å². The zero-order valence-electron chi connectivity index (χ0n) is 16.2. The number of carbonyl (C=O) groups excluding carboxylic acids is 1. The molecular weight excluding hydrogens is 366 g/mol. The molecule has 1 heterocycles. The van der Waals surface area contributed by atoms with Crippen LogP contribution in [0.5, 0.6) is 0 Å². The highest BCUT2D eigenvalue weighted by Crippen LogP contribution is 2.54. The van der Waals surface area contributed by atoms with Gasteiger partial charge in [-0.05, 0) is 46.9 Å². The maximum absolute atomic E-state index is 11.7. The molecule has 0 unspecified atom stereocenters. The van der Waals surface area contributed by atoms with Gasteiger partial charge in [-0.25, -0.2) is 4.98 Å². The van der Waals surface area contributed by atoms with E-state index in [-0.39, 0.29) is 16.7 Å². The molecule has 1 aliphatic rings. The molecule has 1 aromatic heterocycles. The Labute approximate surface area is 164 Å². The lowest BCUT2D eigenvalue weighted by atomic mass is 9.81. The SMILES string of the molecule is CC(=O)Nc1cc2c(c(NCc3cnc(Cl)s3)c1C)C(C)(C)CC2(C)C. The molecule has 0 spiro atoms. The van der Waals surface area contributed by atoms with Crippen molar-refractivity contribution < 1.29 is 4.79 Å². The number of nitrogens with zero attached hydrogens (tertiary/aromatic N) is 1. The van der Waals surface area contributed by atoms with Gasteiger partial charge in [-0.1, -0.05) is 39.3 Å². The predicted octanol–water partition coefficient (Wildman–Crippen LogP) is 5.63. The second-order valence-corrected chi connectivity index (χ2v) is 10.1. The number of aromatic nitrogens is 1. The Morgan fingerprint density at radius 1 is 1.31 bits per heavy atom. The molecule has 1 aliphatic carbocycles. The standard InChI is InChI=1S/C20H26ClN3OS/c1-11-15(24-12(2)25)7-14-16(20(5,6)10-19(14,3)4)17(11)22-8-13-9-23-18(21)26-13/h7,9,22H,8,10H2,1-6H3,(H,24,25). The van der Waals surface area contributed by atoms with Crippen LogP contribution in [0, 0.1) is 6.92 Å². The third-order valence-electron chi connectivity index (χ3n) is 5.15. The Hall–Kier alpha value is -1.59. The van der Waals surface area contributed by atoms with Gasteiger partial charge >= 0.3 is 0 Å². The van der Waals surface area contributed by atoms with Crippen LogP contribution in [0.3, 0.4) is 0 Å². The molecule has 0 radical (unpaired) electrons. The van der Waals surface area contributed by atoms with E-state index >= 15 is 0 Å². The van der Waals surface area contributed by atoms with Crippen molar-refractivity contribution in [3.8, 4) is 0 Å². The predicted molar refractivity (Wildman–Crippen MR) is 111 cm³/mol. The highest BCUT2D eigenvalue weighted by molar-refractivity contribution is 7.15. The molecule has 2 N–H and O–H groups in total. The number of hydrogen-bond donors (Lipinski definition) is 2. The molecule has 1 amide bonds. The number of fused-ring (bicyclic) bond motifs is 1. The molecular formula is C20H26ClN3OS. The Bertz CT molecular complexity index is 870. The summed E-state index contributed by atoms with van der Waals surface area (Å²) in [6.07, 6.45) is 2.88. The van der Waals surface area contributed by atoms with Gasteiger partial charge in [0.1, 0.15) is 0 Å². The van der Waals surface area contributed by atoms with Crippen LogP contribution in [0.25, 0.3) is 0 Å². The van der Waals surface area contributed by atoms with Crippen LogP contribution in [0.15, 0.2) is 12.3 Å². The Balaban J connectivity index is 2.11. The van der Waals surface area contributed by atoms with E-state index in [0.29, 0.717) is 11.0 Å². The first-order valence-electron chi connectivity index (χ1n) is 8.81. The average molecular weight is 392 g/mol. The number of benzene rings is 1. The van der Waals surface area contributed by atoms with Crippen molar-refractivity contribution in [3.05, 3.63) is 38.3 Å². The number of thiazole rings is 1. The molecule has 26 heavy (non-hydrogen) atoms. The van der Waals surface area contributed by atoms with Crippen LogP contribution in [-0.2, 0) is 22.2 Å². The van der Waals surface area contributed by atoms with E-state index in [2.05, 4.69) is 56.3 Å². The highest BCUT2D eigenvalue weighted by Gasteiger charge is 2.44. The van der Waals surface area contributed by atoms with Gasteiger partial charge in [0.15, 0.2) is 4.47 Å². The minimum absolute atomic E-state index is 0.0525. The quantitative estimate of drug-likeness (QED) is 0.709. The van der Waals surface area contributed by atoms with Gasteiger partial charge in [-0.3, -0.25) is 4.79 Å². The van der Waals surface area contributed by atoms with Gasteiger partial charge < -0.3 is 10.6 Å². The number of halogens is 1. The van der Waals surface area contributed by atoms with Gasteiger partial charge in [0.25, 0.3) is 0 Å². The van der Waals surface area contributed by atoms with Gasteiger partial charge in [-0.15, -0.1) is 11.3 Å². The molecule has 4 nitrogen and oxygen atoms in total. The van der Waals surface area contributed by atoms with E-state index in [1.165, 1.54) is 22.5 Å². The monoisotopic (exact) mass is 391 g/mol. The van der Waals surface area contributed by atoms with Crippen molar-refractivity contribution in [2.24, 2.45) is 0 Å². The number of carbonyl (C=O) groups is 1. The summed E-state index contributed by atoms with van der Waals surface area (Å²) in [6, 6.07) is 2.16. The summed E-state index contributed by atoms with van der Waals surface area (Å²) < 4.78 is 0.553. The second-order valence-electron chi connectivity index (χ2n) is 8.41. The second kappa shape index (κ2) is 6.54. The van der Waals surface area contributed by atoms with Crippen LogP contribution in [0.1, 0.15) is 62.6 Å². The minimum Gasteiger partial charge on any atom is -0.380 e. The lowest BCUT2D eigenvalue weighted by molar-refractivity contribution is -0.114. The average Bonchev–Trinajstić information content (AvgIpc) is 2.98. The van der Waals surface area contributed by atoms with Gasteiger partial charge in [0.05, 0.1) is 6.54 Å². The maximum atomic E-state index is 11.7. The summed E-state index contributed by atoms with van der Waals surface area (Å²) in [5, 5.41) is 6.61. The third-order valence-corrected chi connectivity index (χ3v) is 6.27. The number of nitrogens with one attached hydrogen (secondary N) is 2. The first-order valence-corrected chi connectivity index (χ1v) is 10.0. The summed E-state index contributed by atoms with van der Waals surface area (Å²) in [5.74, 6) is -0.0525. The van der Waals surface area contributed by atoms with Gasteiger partial charge in [-0.2, -0.15) is 0 Å². The van der Waals surface area contributed by atoms with Crippen LogP contribution in [0.4, 0.5) is 11.4 Å². The van der Waals surface area contributed by atoms with E-state index in [0.717, 1.165) is 28.2 Å². The van der Waals surface area contributed by atoms with Crippen LogP contribution >= 0.6 is 22.9 Å². The smallest absolute Gasteiger partial charge is 0.221 e. The molecule has 3 rings (SSSR count). The van der Waals surface area contributed by atoms with Crippen LogP contribution in [-0.4, -0.2) is 10.9 Å². The maximum Gasteiger partial charge on any atom is 0.221 e. The molecule has 0 fully saturated rings. The molecule has 0 bridgehead atoms. The molecule has 1 aromatic carbocycles. The highest BCUT2D eigenvalue weighted by atomic mass is 35.5. The molecule has 0 saturated heterocycles. The van der Waals surface area contributed by atoms with E-state index in [4.69, 9.17) is 11.6 Å². The molecule has 0 atom stereocenters. The van der Waals surface area contributed by atoms with Crippen molar-refractivity contribution in [1.29, 1.82) is 0 Å². The normalized spacial score (nSPS) is 17.0. The van der Waals surface area contributed by atoms with Crippen molar-refractivity contribution in [2.45, 2.75) is 65.3 Å². The van der Waals surface area contributed by atoms with Crippen molar-refractivity contribution >= 4 is 40.2 Å². The lowest BCUT2D eigenvalue weighted by Gasteiger charge is -2.26. The minimum atomic E-state index is -0.0525. The molecule has 140 valence electrons. The lowest BCUT2D eigenvalue weighted by Crippen LogP contribution is -2.18. The Morgan fingerprint density at radius 3 is 2.58 bits per heavy atom. The molecule has 6 heteroatoms. The fourth-order valence-corrected chi connectivity index (χ4v) is 5.31. The summed E-state index contributed by atoms with van der Waals surface area (Å²) in [4.78, 5) is 16.9. The Kier molecular flexibility index (Phi) is 4.82. The number of anilines is 2. The van der Waals surface area contributed by atoms with E-state index in [1.54, 1.807) is 6.92 Å². The fraction of sp³-hybridized carbons (Fsp3) is 0.500. The topological polar surface area (TPSA) is 54.0 Å². The van der Waals surface area contributed by atoms with Crippen molar-refractivity contribution in [3.63, 3.8) is 0 Å². The van der Waals surface area contributed by atoms with Crippen molar-refractivity contribution in [1.82, 2.24) is 4.98 Å². The number of hydrogen-bond acceptors (Lipinski definition) is 4. The third kappa shape index (κ3) is 3.47. The largest absolute Gasteiger partial charge is 0.380 e. The van der Waals surface area contributed by atoms with Crippen molar-refractivity contribution in [2.75, 3.05) is 10.6 Å². The van der Waals surface area contributed by atoms with Crippen LogP contribution < -0.4 is 10.6 Å². The Morgan fingerprint density at radius 2 is 2.00 bits per heavy atom.